The van der Waals surface area contributed by atoms with Crippen molar-refractivity contribution in [2.45, 2.75) is 20.8 Å². The predicted molar refractivity (Wildman–Crippen MR) is 74.6 cm³/mol. The molecule has 20 heavy (non-hydrogen) atoms. The molecule has 106 valence electrons. The molecule has 2 aromatic heterocycles. The number of rotatable bonds is 5. The molecule has 0 aromatic carbocycles. The molecule has 0 unspecified atom stereocenters. The van der Waals surface area contributed by atoms with Crippen LogP contribution in [0.25, 0.3) is 0 Å². The van der Waals surface area contributed by atoms with Crippen LogP contribution in [-0.2, 0) is 0 Å². The Hall–Kier alpha value is -2.44. The van der Waals surface area contributed by atoms with Crippen LogP contribution in [0.1, 0.15) is 30.1 Å². The molecule has 0 aliphatic heterocycles. The zero-order valence-electron chi connectivity index (χ0n) is 11.7. The van der Waals surface area contributed by atoms with E-state index in [-0.39, 0.29) is 11.6 Å². The molecule has 0 fully saturated rings. The summed E-state index contributed by atoms with van der Waals surface area (Å²) in [6, 6.07) is 3.18. The highest BCUT2D eigenvalue weighted by molar-refractivity contribution is 6.02. The SMILES string of the molecule is Cc1cc(NC(=O)c2ccnc(NCC(C)C)n2)no1. The highest BCUT2D eigenvalue weighted by Crippen LogP contribution is 2.09. The summed E-state index contributed by atoms with van der Waals surface area (Å²) in [7, 11) is 0. The summed E-state index contributed by atoms with van der Waals surface area (Å²) in [6.07, 6.45) is 1.54. The van der Waals surface area contributed by atoms with Gasteiger partial charge in [0.05, 0.1) is 0 Å². The fraction of sp³-hybridized carbons (Fsp3) is 0.385. The maximum Gasteiger partial charge on any atom is 0.275 e. The standard InChI is InChI=1S/C13H17N5O2/c1-8(2)7-15-13-14-5-4-10(16-13)12(19)17-11-6-9(3)20-18-11/h4-6,8H,7H2,1-3H3,(H,14,15,16)(H,17,18,19). The topological polar surface area (TPSA) is 92.9 Å². The van der Waals surface area contributed by atoms with Crippen molar-refractivity contribution in [3.63, 3.8) is 0 Å². The third kappa shape index (κ3) is 3.78. The van der Waals surface area contributed by atoms with Gasteiger partial charge in [0.1, 0.15) is 11.5 Å². The molecule has 2 aromatic rings. The van der Waals surface area contributed by atoms with Crippen molar-refractivity contribution in [3.05, 3.63) is 29.8 Å². The van der Waals surface area contributed by atoms with Gasteiger partial charge in [-0.15, -0.1) is 0 Å². The van der Waals surface area contributed by atoms with E-state index in [1.54, 1.807) is 25.3 Å². The number of amides is 1. The zero-order valence-corrected chi connectivity index (χ0v) is 11.7. The lowest BCUT2D eigenvalue weighted by Gasteiger charge is -2.08. The summed E-state index contributed by atoms with van der Waals surface area (Å²) in [5.74, 6) is 1.54. The summed E-state index contributed by atoms with van der Waals surface area (Å²) in [4.78, 5) is 20.2. The molecule has 0 aliphatic carbocycles. The quantitative estimate of drug-likeness (QED) is 0.868. The molecule has 0 bridgehead atoms. The van der Waals surface area contributed by atoms with Gasteiger partial charge in [0.25, 0.3) is 5.91 Å². The van der Waals surface area contributed by atoms with E-state index in [0.29, 0.717) is 23.4 Å². The zero-order chi connectivity index (χ0) is 14.5. The fourth-order valence-corrected chi connectivity index (χ4v) is 1.47. The molecule has 2 N–H and O–H groups in total. The van der Waals surface area contributed by atoms with E-state index in [0.717, 1.165) is 6.54 Å². The summed E-state index contributed by atoms with van der Waals surface area (Å²) in [6.45, 7) is 6.65. The Balaban J connectivity index is 2.04. The van der Waals surface area contributed by atoms with Crippen LogP contribution < -0.4 is 10.6 Å². The second kappa shape index (κ2) is 6.14. The molecule has 2 heterocycles. The molecule has 0 saturated heterocycles. The number of hydrogen-bond acceptors (Lipinski definition) is 6. The van der Waals surface area contributed by atoms with Crippen LogP contribution in [0.5, 0.6) is 0 Å². The van der Waals surface area contributed by atoms with Crippen LogP contribution in [0.3, 0.4) is 0 Å². The number of carbonyl (C=O) groups excluding carboxylic acids is 1. The number of carbonyl (C=O) groups is 1. The number of hydrogen-bond donors (Lipinski definition) is 2. The number of aryl methyl sites for hydroxylation is 1. The van der Waals surface area contributed by atoms with Gasteiger partial charge in [-0.05, 0) is 18.9 Å². The maximum atomic E-state index is 12.0. The second-order valence-electron chi connectivity index (χ2n) is 4.82. The van der Waals surface area contributed by atoms with E-state index in [1.165, 1.54) is 0 Å². The first kappa shape index (κ1) is 14.0. The van der Waals surface area contributed by atoms with Gasteiger partial charge >= 0.3 is 0 Å². The fourth-order valence-electron chi connectivity index (χ4n) is 1.47. The smallest absolute Gasteiger partial charge is 0.275 e. The van der Waals surface area contributed by atoms with Gasteiger partial charge in [-0.25, -0.2) is 9.97 Å². The van der Waals surface area contributed by atoms with Crippen LogP contribution in [0.15, 0.2) is 22.9 Å². The molecule has 0 atom stereocenters. The maximum absolute atomic E-state index is 12.0. The van der Waals surface area contributed by atoms with Crippen molar-refractivity contribution in [2.75, 3.05) is 17.2 Å². The number of anilines is 2. The van der Waals surface area contributed by atoms with Crippen molar-refractivity contribution in [2.24, 2.45) is 5.92 Å². The van der Waals surface area contributed by atoms with E-state index >= 15 is 0 Å². The summed E-state index contributed by atoms with van der Waals surface area (Å²) in [5, 5.41) is 9.38. The first-order chi connectivity index (χ1) is 9.54. The summed E-state index contributed by atoms with van der Waals surface area (Å²) < 4.78 is 4.88. The van der Waals surface area contributed by atoms with Gasteiger partial charge in [0, 0.05) is 18.8 Å². The lowest BCUT2D eigenvalue weighted by Crippen LogP contribution is -2.16. The third-order valence-electron chi connectivity index (χ3n) is 2.43. The minimum atomic E-state index is -0.353. The van der Waals surface area contributed by atoms with E-state index in [4.69, 9.17) is 4.52 Å². The monoisotopic (exact) mass is 275 g/mol. The molecule has 0 spiro atoms. The molecule has 7 heteroatoms. The molecular weight excluding hydrogens is 258 g/mol. The van der Waals surface area contributed by atoms with Crippen molar-refractivity contribution in [1.29, 1.82) is 0 Å². The minimum Gasteiger partial charge on any atom is -0.360 e. The van der Waals surface area contributed by atoms with Crippen LogP contribution >= 0.6 is 0 Å². The van der Waals surface area contributed by atoms with E-state index in [1.807, 2.05) is 0 Å². The largest absolute Gasteiger partial charge is 0.360 e. The molecule has 0 aliphatic rings. The highest BCUT2D eigenvalue weighted by atomic mass is 16.5. The first-order valence-corrected chi connectivity index (χ1v) is 6.36. The Bertz CT molecular complexity index is 594. The normalized spacial score (nSPS) is 10.6. The average Bonchev–Trinajstić information content (AvgIpc) is 2.82. The molecule has 0 saturated carbocycles. The van der Waals surface area contributed by atoms with Crippen LogP contribution in [0.4, 0.5) is 11.8 Å². The third-order valence-corrected chi connectivity index (χ3v) is 2.43. The van der Waals surface area contributed by atoms with E-state index < -0.39 is 0 Å². The first-order valence-electron chi connectivity index (χ1n) is 6.36. The lowest BCUT2D eigenvalue weighted by atomic mass is 10.2. The minimum absolute atomic E-state index is 0.270. The lowest BCUT2D eigenvalue weighted by molar-refractivity contribution is 0.102. The highest BCUT2D eigenvalue weighted by Gasteiger charge is 2.11. The molecule has 1 amide bonds. The molecular formula is C13H17N5O2. The Labute approximate surface area is 116 Å². The van der Waals surface area contributed by atoms with Gasteiger partial charge in [-0.2, -0.15) is 0 Å². The van der Waals surface area contributed by atoms with E-state index in [9.17, 15) is 4.79 Å². The van der Waals surface area contributed by atoms with Gasteiger partial charge in [-0.3, -0.25) is 4.79 Å². The van der Waals surface area contributed by atoms with Crippen molar-refractivity contribution < 1.29 is 9.32 Å². The Morgan fingerprint density at radius 1 is 1.45 bits per heavy atom. The predicted octanol–water partition coefficient (Wildman–Crippen LogP) is 2.09. The number of aromatic nitrogens is 3. The van der Waals surface area contributed by atoms with Crippen LogP contribution in [0.2, 0.25) is 0 Å². The Morgan fingerprint density at radius 2 is 2.25 bits per heavy atom. The second-order valence-corrected chi connectivity index (χ2v) is 4.82. The summed E-state index contributed by atoms with van der Waals surface area (Å²) >= 11 is 0. The average molecular weight is 275 g/mol. The van der Waals surface area contributed by atoms with Crippen LogP contribution in [-0.4, -0.2) is 27.6 Å². The Morgan fingerprint density at radius 3 is 2.90 bits per heavy atom. The van der Waals surface area contributed by atoms with Crippen molar-refractivity contribution in [3.8, 4) is 0 Å². The Kier molecular flexibility index (Phi) is 4.29. The molecule has 2 rings (SSSR count). The van der Waals surface area contributed by atoms with E-state index in [2.05, 4.69) is 39.6 Å². The van der Waals surface area contributed by atoms with Crippen molar-refractivity contribution >= 4 is 17.7 Å². The van der Waals surface area contributed by atoms with Crippen LogP contribution in [0, 0.1) is 12.8 Å². The molecule has 0 radical (unpaired) electrons. The van der Waals surface area contributed by atoms with Gasteiger partial charge in [-0.1, -0.05) is 19.0 Å². The van der Waals surface area contributed by atoms with Gasteiger partial charge in [0.2, 0.25) is 5.95 Å². The van der Waals surface area contributed by atoms with Gasteiger partial charge < -0.3 is 15.2 Å². The molecule has 7 nitrogen and oxygen atoms in total. The number of nitrogens with zero attached hydrogens (tertiary/aromatic N) is 3. The van der Waals surface area contributed by atoms with Crippen molar-refractivity contribution in [1.82, 2.24) is 15.1 Å². The van der Waals surface area contributed by atoms with Gasteiger partial charge in [0.15, 0.2) is 5.82 Å². The number of nitrogens with one attached hydrogen (secondary N) is 2. The summed E-state index contributed by atoms with van der Waals surface area (Å²) in [5.41, 5.74) is 0.270.